The highest BCUT2D eigenvalue weighted by Gasteiger charge is 2.33. The second kappa shape index (κ2) is 10.8. The van der Waals surface area contributed by atoms with Gasteiger partial charge < -0.3 is 15.4 Å². The van der Waals surface area contributed by atoms with Crippen LogP contribution in [0.25, 0.3) is 0 Å². The first kappa shape index (κ1) is 24.7. The number of carbonyl (C=O) groups is 2. The van der Waals surface area contributed by atoms with Crippen LogP contribution in [0.5, 0.6) is 5.75 Å². The Labute approximate surface area is 195 Å². The van der Waals surface area contributed by atoms with Gasteiger partial charge in [-0.05, 0) is 55.2 Å². The standard InChI is InChI=1S/C24H31N3O5S/c1-17(2)15-25-24(29)21-8-4-5-9-22(21)26-23(28)18-7-6-14-27(16-18)33(30,31)20-12-10-19(32-3)11-13-20/h4-5,8-13,17-18H,6-7,14-16H2,1-3H3,(H,25,29)(H,26,28). The van der Waals surface area contributed by atoms with E-state index in [1.54, 1.807) is 36.4 Å². The highest BCUT2D eigenvalue weighted by molar-refractivity contribution is 7.89. The van der Waals surface area contributed by atoms with E-state index < -0.39 is 15.9 Å². The predicted molar refractivity (Wildman–Crippen MR) is 127 cm³/mol. The number of hydrogen-bond donors (Lipinski definition) is 2. The number of nitrogens with zero attached hydrogens (tertiary/aromatic N) is 1. The van der Waals surface area contributed by atoms with E-state index >= 15 is 0 Å². The molecule has 0 spiro atoms. The summed E-state index contributed by atoms with van der Waals surface area (Å²) in [6.07, 6.45) is 1.15. The van der Waals surface area contributed by atoms with Gasteiger partial charge in [0.1, 0.15) is 5.75 Å². The van der Waals surface area contributed by atoms with E-state index in [1.165, 1.54) is 23.5 Å². The minimum absolute atomic E-state index is 0.0852. The zero-order valence-corrected chi connectivity index (χ0v) is 20.0. The van der Waals surface area contributed by atoms with Gasteiger partial charge in [-0.25, -0.2) is 8.42 Å². The molecule has 0 bridgehead atoms. The van der Waals surface area contributed by atoms with Gasteiger partial charge in [0, 0.05) is 19.6 Å². The van der Waals surface area contributed by atoms with Crippen molar-refractivity contribution in [2.45, 2.75) is 31.6 Å². The molecule has 3 rings (SSSR count). The zero-order valence-electron chi connectivity index (χ0n) is 19.2. The maximum atomic E-state index is 13.1. The van der Waals surface area contributed by atoms with Crippen molar-refractivity contribution < 1.29 is 22.7 Å². The molecule has 1 saturated heterocycles. The van der Waals surface area contributed by atoms with Crippen molar-refractivity contribution in [3.63, 3.8) is 0 Å². The maximum Gasteiger partial charge on any atom is 0.253 e. The number of benzene rings is 2. The molecule has 1 fully saturated rings. The minimum Gasteiger partial charge on any atom is -0.497 e. The molecule has 9 heteroatoms. The molecule has 0 aliphatic carbocycles. The van der Waals surface area contributed by atoms with Gasteiger partial charge in [-0.2, -0.15) is 4.31 Å². The quantitative estimate of drug-likeness (QED) is 0.613. The lowest BCUT2D eigenvalue weighted by molar-refractivity contribution is -0.120. The molecule has 0 saturated carbocycles. The summed E-state index contributed by atoms with van der Waals surface area (Å²) < 4.78 is 32.6. The lowest BCUT2D eigenvalue weighted by Gasteiger charge is -2.31. The van der Waals surface area contributed by atoms with Crippen molar-refractivity contribution in [3.05, 3.63) is 54.1 Å². The van der Waals surface area contributed by atoms with Crippen molar-refractivity contribution in [3.8, 4) is 5.75 Å². The Morgan fingerprint density at radius 1 is 1.12 bits per heavy atom. The van der Waals surface area contributed by atoms with E-state index in [1.807, 2.05) is 13.8 Å². The van der Waals surface area contributed by atoms with E-state index in [-0.39, 0.29) is 23.3 Å². The van der Waals surface area contributed by atoms with E-state index in [4.69, 9.17) is 4.74 Å². The summed E-state index contributed by atoms with van der Waals surface area (Å²) in [4.78, 5) is 25.7. The fourth-order valence-corrected chi connectivity index (χ4v) is 5.21. The molecule has 8 nitrogen and oxygen atoms in total. The van der Waals surface area contributed by atoms with Gasteiger partial charge in [0.05, 0.1) is 29.2 Å². The number of piperidine rings is 1. The Morgan fingerprint density at radius 3 is 2.48 bits per heavy atom. The number of methoxy groups -OCH3 is 1. The van der Waals surface area contributed by atoms with Crippen molar-refractivity contribution >= 4 is 27.5 Å². The Hall–Kier alpha value is -2.91. The molecule has 1 heterocycles. The Kier molecular flexibility index (Phi) is 8.10. The number of rotatable bonds is 8. The first-order valence-corrected chi connectivity index (χ1v) is 12.5. The van der Waals surface area contributed by atoms with Gasteiger partial charge in [-0.3, -0.25) is 9.59 Å². The highest BCUT2D eigenvalue weighted by Crippen LogP contribution is 2.26. The van der Waals surface area contributed by atoms with Gasteiger partial charge in [0.25, 0.3) is 5.91 Å². The maximum absolute atomic E-state index is 13.1. The predicted octanol–water partition coefficient (Wildman–Crippen LogP) is 3.12. The molecular weight excluding hydrogens is 442 g/mol. The molecule has 1 aliphatic heterocycles. The summed E-state index contributed by atoms with van der Waals surface area (Å²) in [5.74, 6) is -0.197. The van der Waals surface area contributed by atoms with Crippen LogP contribution in [0, 0.1) is 11.8 Å². The number of ether oxygens (including phenoxy) is 1. The van der Waals surface area contributed by atoms with Gasteiger partial charge in [-0.15, -0.1) is 0 Å². The number of sulfonamides is 1. The van der Waals surface area contributed by atoms with Crippen LogP contribution in [0.4, 0.5) is 5.69 Å². The molecule has 2 amide bonds. The van der Waals surface area contributed by atoms with Gasteiger partial charge in [-0.1, -0.05) is 26.0 Å². The topological polar surface area (TPSA) is 105 Å². The molecule has 1 aliphatic rings. The van der Waals surface area contributed by atoms with Crippen molar-refractivity contribution in [1.29, 1.82) is 0 Å². The largest absolute Gasteiger partial charge is 0.497 e. The van der Waals surface area contributed by atoms with Crippen LogP contribution in [0.1, 0.15) is 37.0 Å². The second-order valence-electron chi connectivity index (χ2n) is 8.52. The van der Waals surface area contributed by atoms with E-state index in [0.29, 0.717) is 48.8 Å². The number of amides is 2. The number of para-hydroxylation sites is 1. The first-order chi connectivity index (χ1) is 15.7. The molecular formula is C24H31N3O5S. The molecule has 1 unspecified atom stereocenters. The molecule has 0 radical (unpaired) electrons. The molecule has 2 aromatic carbocycles. The number of hydrogen-bond acceptors (Lipinski definition) is 5. The molecule has 1 atom stereocenters. The van der Waals surface area contributed by atoms with Crippen LogP contribution in [0.15, 0.2) is 53.4 Å². The molecule has 2 aromatic rings. The minimum atomic E-state index is -3.73. The van der Waals surface area contributed by atoms with Gasteiger partial charge >= 0.3 is 0 Å². The summed E-state index contributed by atoms with van der Waals surface area (Å²) in [5.41, 5.74) is 0.795. The van der Waals surface area contributed by atoms with Crippen molar-refractivity contribution in [2.24, 2.45) is 11.8 Å². The third kappa shape index (κ3) is 6.11. The first-order valence-electron chi connectivity index (χ1n) is 11.0. The summed E-state index contributed by atoms with van der Waals surface area (Å²) in [7, 11) is -2.21. The van der Waals surface area contributed by atoms with Gasteiger partial charge in [0.2, 0.25) is 15.9 Å². The normalized spacial score (nSPS) is 16.9. The number of carbonyl (C=O) groups excluding carboxylic acids is 2. The lowest BCUT2D eigenvalue weighted by Crippen LogP contribution is -2.43. The third-order valence-electron chi connectivity index (χ3n) is 5.55. The van der Waals surface area contributed by atoms with E-state index in [0.717, 1.165) is 0 Å². The monoisotopic (exact) mass is 473 g/mol. The average Bonchev–Trinajstić information content (AvgIpc) is 2.83. The Bertz CT molecular complexity index is 1080. The van der Waals surface area contributed by atoms with Crippen LogP contribution >= 0.6 is 0 Å². The number of anilines is 1. The number of nitrogens with one attached hydrogen (secondary N) is 2. The van der Waals surface area contributed by atoms with Gasteiger partial charge in [0.15, 0.2) is 0 Å². The van der Waals surface area contributed by atoms with Crippen molar-refractivity contribution in [2.75, 3.05) is 32.1 Å². The summed E-state index contributed by atoms with van der Waals surface area (Å²) in [6.45, 7) is 4.97. The fourth-order valence-electron chi connectivity index (χ4n) is 3.69. The lowest BCUT2D eigenvalue weighted by atomic mass is 9.98. The van der Waals surface area contributed by atoms with Crippen LogP contribution < -0.4 is 15.4 Å². The fraction of sp³-hybridized carbons (Fsp3) is 0.417. The molecule has 178 valence electrons. The average molecular weight is 474 g/mol. The molecule has 33 heavy (non-hydrogen) atoms. The zero-order chi connectivity index (χ0) is 24.0. The van der Waals surface area contributed by atoms with Crippen LogP contribution in [-0.4, -0.2) is 51.3 Å². The van der Waals surface area contributed by atoms with Crippen LogP contribution in [0.3, 0.4) is 0 Å². The van der Waals surface area contributed by atoms with Crippen LogP contribution in [0.2, 0.25) is 0 Å². The Morgan fingerprint density at radius 2 is 1.82 bits per heavy atom. The van der Waals surface area contributed by atoms with Crippen LogP contribution in [-0.2, 0) is 14.8 Å². The Balaban J connectivity index is 1.71. The third-order valence-corrected chi connectivity index (χ3v) is 7.43. The van der Waals surface area contributed by atoms with E-state index in [2.05, 4.69) is 10.6 Å². The summed E-state index contributed by atoms with van der Waals surface area (Å²) in [6, 6.07) is 13.0. The van der Waals surface area contributed by atoms with E-state index in [9.17, 15) is 18.0 Å². The second-order valence-corrected chi connectivity index (χ2v) is 10.5. The highest BCUT2D eigenvalue weighted by atomic mass is 32.2. The summed E-state index contributed by atoms with van der Waals surface area (Å²) >= 11 is 0. The SMILES string of the molecule is COc1ccc(S(=O)(=O)N2CCCC(C(=O)Nc3ccccc3C(=O)NCC(C)C)C2)cc1. The summed E-state index contributed by atoms with van der Waals surface area (Å²) in [5, 5.41) is 5.70. The molecule has 2 N–H and O–H groups in total. The smallest absolute Gasteiger partial charge is 0.253 e. The molecule has 0 aromatic heterocycles. The van der Waals surface area contributed by atoms with Crippen molar-refractivity contribution in [1.82, 2.24) is 9.62 Å².